The first kappa shape index (κ1) is 17.1. The van der Waals surface area contributed by atoms with Gasteiger partial charge in [0, 0.05) is 17.8 Å². The molecule has 0 bridgehead atoms. The summed E-state index contributed by atoms with van der Waals surface area (Å²) < 4.78 is 1.72. The third-order valence-electron chi connectivity index (χ3n) is 4.62. The molecule has 2 aromatic heterocycles. The fourth-order valence-corrected chi connectivity index (χ4v) is 3.22. The molecule has 130 valence electrons. The highest BCUT2D eigenvalue weighted by molar-refractivity contribution is 5.76. The molecule has 0 aliphatic rings. The molecule has 1 aromatic carbocycles. The lowest BCUT2D eigenvalue weighted by atomic mass is 10.0. The Bertz CT molecular complexity index is 915. The third-order valence-corrected chi connectivity index (χ3v) is 4.62. The Morgan fingerprint density at radius 1 is 1.24 bits per heavy atom. The molecule has 0 aliphatic heterocycles. The van der Waals surface area contributed by atoms with E-state index in [0.717, 1.165) is 22.5 Å². The van der Waals surface area contributed by atoms with Crippen LogP contribution in [0.5, 0.6) is 0 Å². The maximum Gasteiger partial charge on any atom is 0.252 e. The maximum atomic E-state index is 12.4. The van der Waals surface area contributed by atoms with Gasteiger partial charge in [0.05, 0.1) is 6.04 Å². The molecule has 0 spiro atoms. The number of hydrogen-bond donors (Lipinski definition) is 1. The van der Waals surface area contributed by atoms with E-state index >= 15 is 0 Å². The Morgan fingerprint density at radius 3 is 2.76 bits per heavy atom. The van der Waals surface area contributed by atoms with Crippen molar-refractivity contribution in [2.24, 2.45) is 0 Å². The van der Waals surface area contributed by atoms with E-state index in [4.69, 9.17) is 0 Å². The van der Waals surface area contributed by atoms with Gasteiger partial charge in [-0.15, -0.1) is 0 Å². The second-order valence-electron chi connectivity index (χ2n) is 6.38. The molecule has 25 heavy (non-hydrogen) atoms. The molecule has 3 aromatic rings. The van der Waals surface area contributed by atoms with Crippen LogP contribution in [0.3, 0.4) is 0 Å². The van der Waals surface area contributed by atoms with Crippen LogP contribution in [0.25, 0.3) is 5.78 Å². The van der Waals surface area contributed by atoms with E-state index in [1.54, 1.807) is 4.52 Å². The van der Waals surface area contributed by atoms with Crippen LogP contribution in [-0.4, -0.2) is 25.5 Å². The van der Waals surface area contributed by atoms with Crippen molar-refractivity contribution in [3.63, 3.8) is 0 Å². The molecule has 6 nitrogen and oxygen atoms in total. The number of fused-ring (bicyclic) bond motifs is 1. The zero-order chi connectivity index (χ0) is 18.0. The van der Waals surface area contributed by atoms with Gasteiger partial charge >= 0.3 is 0 Å². The van der Waals surface area contributed by atoms with Gasteiger partial charge in [-0.1, -0.05) is 24.3 Å². The van der Waals surface area contributed by atoms with Gasteiger partial charge in [0.2, 0.25) is 5.91 Å². The lowest BCUT2D eigenvalue weighted by Gasteiger charge is -2.17. The van der Waals surface area contributed by atoms with Gasteiger partial charge in [0.15, 0.2) is 0 Å². The number of carbonyl (C=O) groups excluding carboxylic acids is 1. The average molecular weight is 337 g/mol. The molecule has 6 heteroatoms. The summed E-state index contributed by atoms with van der Waals surface area (Å²) in [6.45, 7) is 8.01. The minimum absolute atomic E-state index is 0.00758. The van der Waals surface area contributed by atoms with Crippen molar-refractivity contribution < 1.29 is 4.79 Å². The molecule has 0 radical (unpaired) electrons. The molecular weight excluding hydrogens is 314 g/mol. The zero-order valence-electron chi connectivity index (χ0n) is 15.1. The first-order valence-electron chi connectivity index (χ1n) is 8.48. The van der Waals surface area contributed by atoms with E-state index in [1.807, 2.05) is 32.9 Å². The molecule has 2 heterocycles. The third kappa shape index (κ3) is 3.52. The van der Waals surface area contributed by atoms with Crippen LogP contribution in [-0.2, 0) is 11.2 Å². The Kier molecular flexibility index (Phi) is 4.79. The summed E-state index contributed by atoms with van der Waals surface area (Å²) in [5, 5.41) is 7.27. The number of rotatable bonds is 5. The Hall–Kier alpha value is -2.76. The summed E-state index contributed by atoms with van der Waals surface area (Å²) >= 11 is 0. The van der Waals surface area contributed by atoms with Crippen molar-refractivity contribution in [3.05, 3.63) is 58.7 Å². The van der Waals surface area contributed by atoms with E-state index in [-0.39, 0.29) is 11.9 Å². The van der Waals surface area contributed by atoms with Gasteiger partial charge in [0.1, 0.15) is 6.33 Å². The molecule has 0 unspecified atom stereocenters. The van der Waals surface area contributed by atoms with Crippen LogP contribution in [0.4, 0.5) is 0 Å². The minimum Gasteiger partial charge on any atom is -0.350 e. The fourth-order valence-electron chi connectivity index (χ4n) is 3.22. The highest BCUT2D eigenvalue weighted by Gasteiger charge is 2.15. The van der Waals surface area contributed by atoms with Crippen LogP contribution in [0.2, 0.25) is 0 Å². The highest BCUT2D eigenvalue weighted by atomic mass is 16.1. The van der Waals surface area contributed by atoms with Gasteiger partial charge in [-0.2, -0.15) is 10.1 Å². The van der Waals surface area contributed by atoms with Gasteiger partial charge in [-0.05, 0) is 50.8 Å². The molecule has 0 fully saturated rings. The first-order chi connectivity index (χ1) is 12.0. The zero-order valence-corrected chi connectivity index (χ0v) is 15.1. The quantitative estimate of drug-likeness (QED) is 0.777. The van der Waals surface area contributed by atoms with E-state index in [9.17, 15) is 4.79 Å². The largest absolute Gasteiger partial charge is 0.350 e. The predicted octanol–water partition coefficient (Wildman–Crippen LogP) is 2.86. The fraction of sp³-hybridized carbons (Fsp3) is 0.368. The van der Waals surface area contributed by atoms with Crippen LogP contribution in [0.15, 0.2) is 30.6 Å². The normalized spacial score (nSPS) is 12.3. The number of carbonyl (C=O) groups is 1. The van der Waals surface area contributed by atoms with Crippen LogP contribution >= 0.6 is 0 Å². The summed E-state index contributed by atoms with van der Waals surface area (Å²) in [6, 6.07) is 8.11. The molecule has 1 amide bonds. The monoisotopic (exact) mass is 337 g/mol. The Morgan fingerprint density at radius 2 is 2.00 bits per heavy atom. The molecule has 1 atom stereocenters. The van der Waals surface area contributed by atoms with Gasteiger partial charge < -0.3 is 5.32 Å². The summed E-state index contributed by atoms with van der Waals surface area (Å²) in [4.78, 5) is 21.0. The molecule has 3 rings (SSSR count). The van der Waals surface area contributed by atoms with Crippen molar-refractivity contribution >= 4 is 11.7 Å². The topological polar surface area (TPSA) is 72.2 Å². The van der Waals surface area contributed by atoms with Crippen molar-refractivity contribution in [1.29, 1.82) is 0 Å². The maximum absolute atomic E-state index is 12.4. The standard InChI is InChI=1S/C19H23N5O/c1-12-7-5-6-8-16(12)13(2)22-18(25)10-9-17-14(3)23-19-20-11-21-24(19)15(17)4/h5-8,11,13H,9-10H2,1-4H3,(H,22,25)/t13-/m0/s1. The molecule has 0 saturated carbocycles. The smallest absolute Gasteiger partial charge is 0.252 e. The molecule has 0 saturated heterocycles. The number of hydrogen-bond acceptors (Lipinski definition) is 4. The van der Waals surface area contributed by atoms with Crippen LogP contribution in [0.1, 0.15) is 47.5 Å². The van der Waals surface area contributed by atoms with E-state index in [2.05, 4.69) is 39.4 Å². The van der Waals surface area contributed by atoms with E-state index < -0.39 is 0 Å². The lowest BCUT2D eigenvalue weighted by Crippen LogP contribution is -2.27. The van der Waals surface area contributed by atoms with Gasteiger partial charge in [-0.3, -0.25) is 4.79 Å². The van der Waals surface area contributed by atoms with E-state index in [0.29, 0.717) is 18.6 Å². The number of benzene rings is 1. The second kappa shape index (κ2) is 7.01. The van der Waals surface area contributed by atoms with Gasteiger partial charge in [-0.25, -0.2) is 9.50 Å². The summed E-state index contributed by atoms with van der Waals surface area (Å²) in [6.07, 6.45) is 2.54. The first-order valence-corrected chi connectivity index (χ1v) is 8.48. The Labute approximate surface area is 147 Å². The number of nitrogens with one attached hydrogen (secondary N) is 1. The number of amides is 1. The van der Waals surface area contributed by atoms with Crippen molar-refractivity contribution in [1.82, 2.24) is 24.9 Å². The number of aryl methyl sites for hydroxylation is 3. The number of aromatic nitrogens is 4. The molecule has 0 aliphatic carbocycles. The van der Waals surface area contributed by atoms with Crippen molar-refractivity contribution in [2.75, 3.05) is 0 Å². The minimum atomic E-state index is -0.00758. The SMILES string of the molecule is Cc1ccccc1[C@H](C)NC(=O)CCc1c(C)nc2ncnn2c1C. The highest BCUT2D eigenvalue weighted by Crippen LogP contribution is 2.18. The second-order valence-corrected chi connectivity index (χ2v) is 6.38. The molecule has 1 N–H and O–H groups in total. The number of nitrogens with zero attached hydrogens (tertiary/aromatic N) is 4. The predicted molar refractivity (Wildman–Crippen MR) is 96.3 cm³/mol. The van der Waals surface area contributed by atoms with Crippen molar-refractivity contribution in [2.45, 2.75) is 46.6 Å². The van der Waals surface area contributed by atoms with Crippen LogP contribution < -0.4 is 5.32 Å². The summed E-state index contributed by atoms with van der Waals surface area (Å²) in [5.74, 6) is 0.629. The average Bonchev–Trinajstić information content (AvgIpc) is 3.03. The van der Waals surface area contributed by atoms with Crippen molar-refractivity contribution in [3.8, 4) is 0 Å². The van der Waals surface area contributed by atoms with E-state index in [1.165, 1.54) is 11.9 Å². The summed E-state index contributed by atoms with van der Waals surface area (Å²) in [7, 11) is 0. The van der Waals surface area contributed by atoms with Gasteiger partial charge in [0.25, 0.3) is 5.78 Å². The Balaban J connectivity index is 1.68. The molecular formula is C19H23N5O. The van der Waals surface area contributed by atoms with Crippen LogP contribution in [0, 0.1) is 20.8 Å². The summed E-state index contributed by atoms with van der Waals surface area (Å²) in [5.41, 5.74) is 5.27. The lowest BCUT2D eigenvalue weighted by molar-refractivity contribution is -0.121.